The number of nitrogens with one attached hydrogen (secondary N) is 2. The molecule has 1 amide bonds. The molecule has 3 aromatic rings. The lowest BCUT2D eigenvalue weighted by molar-refractivity contribution is -0.121. The molecule has 0 radical (unpaired) electrons. The molecule has 1 aromatic carbocycles. The third kappa shape index (κ3) is 3.05. The van der Waals surface area contributed by atoms with E-state index < -0.39 is 0 Å². The van der Waals surface area contributed by atoms with Crippen molar-refractivity contribution in [1.29, 1.82) is 0 Å². The van der Waals surface area contributed by atoms with Gasteiger partial charge in [0.15, 0.2) is 5.65 Å². The molecule has 128 valence electrons. The molecule has 7 heteroatoms. The predicted octanol–water partition coefficient (Wildman–Crippen LogP) is 2.12. The molecule has 2 N–H and O–H groups in total. The first-order valence-corrected chi connectivity index (χ1v) is 8.16. The molecule has 1 aliphatic carbocycles. The molecule has 1 aliphatic rings. The number of nitrogens with zero attached hydrogens (tertiary/aromatic N) is 2. The van der Waals surface area contributed by atoms with Crippen molar-refractivity contribution in [3.05, 3.63) is 52.3 Å². The smallest absolute Gasteiger partial charge is 0.328 e. The molecule has 0 unspecified atom stereocenters. The SMILES string of the molecule is Cc1cc(F)ccc1-c1cnc2[nH]c(=O)n(CC(=O)NC3CC3)c2c1. The van der Waals surface area contributed by atoms with Gasteiger partial charge in [0.05, 0.1) is 5.52 Å². The Balaban J connectivity index is 1.74. The van der Waals surface area contributed by atoms with Gasteiger partial charge in [0.25, 0.3) is 0 Å². The van der Waals surface area contributed by atoms with E-state index in [2.05, 4.69) is 15.3 Å². The molecule has 0 spiro atoms. The van der Waals surface area contributed by atoms with Gasteiger partial charge < -0.3 is 5.32 Å². The van der Waals surface area contributed by atoms with Gasteiger partial charge in [-0.15, -0.1) is 0 Å². The number of fused-ring (bicyclic) bond motifs is 1. The van der Waals surface area contributed by atoms with Crippen molar-refractivity contribution in [1.82, 2.24) is 19.9 Å². The maximum Gasteiger partial charge on any atom is 0.328 e. The molecule has 0 atom stereocenters. The van der Waals surface area contributed by atoms with Crippen molar-refractivity contribution in [3.63, 3.8) is 0 Å². The van der Waals surface area contributed by atoms with Crippen LogP contribution in [0.25, 0.3) is 22.3 Å². The second kappa shape index (κ2) is 5.84. The Morgan fingerprint density at radius 1 is 1.40 bits per heavy atom. The largest absolute Gasteiger partial charge is 0.352 e. The van der Waals surface area contributed by atoms with Crippen LogP contribution in [0.4, 0.5) is 4.39 Å². The number of benzene rings is 1. The van der Waals surface area contributed by atoms with Crippen LogP contribution in [-0.2, 0) is 11.3 Å². The Labute approximate surface area is 142 Å². The van der Waals surface area contributed by atoms with Crippen molar-refractivity contribution in [2.45, 2.75) is 32.4 Å². The van der Waals surface area contributed by atoms with Gasteiger partial charge in [0.2, 0.25) is 5.91 Å². The number of hydrogen-bond donors (Lipinski definition) is 2. The van der Waals surface area contributed by atoms with Gasteiger partial charge in [0, 0.05) is 17.8 Å². The third-order valence-corrected chi connectivity index (χ3v) is 4.37. The minimum absolute atomic E-state index is 0.0527. The van der Waals surface area contributed by atoms with Crippen LogP contribution >= 0.6 is 0 Å². The third-order valence-electron chi connectivity index (χ3n) is 4.37. The van der Waals surface area contributed by atoms with Crippen molar-refractivity contribution in [2.75, 3.05) is 0 Å². The molecule has 6 nitrogen and oxygen atoms in total. The molecule has 0 saturated heterocycles. The molecule has 2 heterocycles. The predicted molar refractivity (Wildman–Crippen MR) is 91.6 cm³/mol. The lowest BCUT2D eigenvalue weighted by Gasteiger charge is -2.08. The number of halogens is 1. The first-order chi connectivity index (χ1) is 12.0. The first kappa shape index (κ1) is 15.6. The summed E-state index contributed by atoms with van der Waals surface area (Å²) in [6.07, 6.45) is 3.61. The average molecular weight is 340 g/mol. The minimum Gasteiger partial charge on any atom is -0.352 e. The number of carbonyl (C=O) groups excluding carboxylic acids is 1. The van der Waals surface area contributed by atoms with Gasteiger partial charge in [-0.3, -0.25) is 14.3 Å². The second-order valence-corrected chi connectivity index (χ2v) is 6.41. The molecular weight excluding hydrogens is 323 g/mol. The number of H-pyrrole nitrogens is 1. The van der Waals surface area contributed by atoms with Crippen LogP contribution < -0.4 is 11.0 Å². The van der Waals surface area contributed by atoms with Gasteiger partial charge in [-0.25, -0.2) is 14.2 Å². The number of pyridine rings is 1. The van der Waals surface area contributed by atoms with E-state index in [0.717, 1.165) is 29.5 Å². The first-order valence-electron chi connectivity index (χ1n) is 8.16. The summed E-state index contributed by atoms with van der Waals surface area (Å²) in [5.74, 6) is -0.487. The monoisotopic (exact) mass is 340 g/mol. The van der Waals surface area contributed by atoms with E-state index in [-0.39, 0.29) is 30.0 Å². The molecule has 0 aliphatic heterocycles. The maximum absolute atomic E-state index is 13.3. The highest BCUT2D eigenvalue weighted by Gasteiger charge is 2.24. The van der Waals surface area contributed by atoms with Crippen LogP contribution in [0.3, 0.4) is 0 Å². The average Bonchev–Trinajstić information content (AvgIpc) is 3.32. The zero-order valence-corrected chi connectivity index (χ0v) is 13.7. The summed E-state index contributed by atoms with van der Waals surface area (Å²) < 4.78 is 14.7. The van der Waals surface area contributed by atoms with Crippen LogP contribution in [0, 0.1) is 12.7 Å². The summed E-state index contributed by atoms with van der Waals surface area (Å²) in [4.78, 5) is 31.2. The Morgan fingerprint density at radius 2 is 2.20 bits per heavy atom. The highest BCUT2D eigenvalue weighted by Crippen LogP contribution is 2.25. The van der Waals surface area contributed by atoms with Gasteiger partial charge in [-0.1, -0.05) is 6.07 Å². The number of aryl methyl sites for hydroxylation is 1. The van der Waals surface area contributed by atoms with Crippen LogP contribution in [-0.4, -0.2) is 26.5 Å². The zero-order valence-electron chi connectivity index (χ0n) is 13.7. The molecule has 2 aromatic heterocycles. The lowest BCUT2D eigenvalue weighted by atomic mass is 10.0. The summed E-state index contributed by atoms with van der Waals surface area (Å²) >= 11 is 0. The molecular formula is C18H17FN4O2. The topological polar surface area (TPSA) is 79.8 Å². The summed E-state index contributed by atoms with van der Waals surface area (Å²) in [6, 6.07) is 6.56. The summed E-state index contributed by atoms with van der Waals surface area (Å²) in [7, 11) is 0. The van der Waals surface area contributed by atoms with E-state index in [1.165, 1.54) is 16.7 Å². The molecule has 0 bridgehead atoms. The van der Waals surface area contributed by atoms with Crippen LogP contribution in [0.1, 0.15) is 18.4 Å². The lowest BCUT2D eigenvalue weighted by Crippen LogP contribution is -2.32. The van der Waals surface area contributed by atoms with E-state index in [1.807, 2.05) is 6.92 Å². The number of aromatic nitrogens is 3. The highest BCUT2D eigenvalue weighted by molar-refractivity contribution is 5.82. The molecule has 4 rings (SSSR count). The van der Waals surface area contributed by atoms with Gasteiger partial charge in [0.1, 0.15) is 12.4 Å². The van der Waals surface area contributed by atoms with Gasteiger partial charge in [-0.05, 0) is 49.1 Å². The Hall–Kier alpha value is -2.96. The molecule has 25 heavy (non-hydrogen) atoms. The fraction of sp³-hybridized carbons (Fsp3) is 0.278. The van der Waals surface area contributed by atoms with Crippen LogP contribution in [0.2, 0.25) is 0 Å². The van der Waals surface area contributed by atoms with Gasteiger partial charge >= 0.3 is 5.69 Å². The summed E-state index contributed by atoms with van der Waals surface area (Å²) in [5.41, 5.74) is 2.97. The van der Waals surface area contributed by atoms with Gasteiger partial charge in [-0.2, -0.15) is 0 Å². The standard InChI is InChI=1S/C18H17FN4O2/c1-10-6-12(19)2-5-14(10)11-7-15-17(20-8-11)22-18(25)23(15)9-16(24)21-13-3-4-13/h2,5-8,13H,3-4,9H2,1H3,(H,21,24)(H,20,22,25). The van der Waals surface area contributed by atoms with Crippen LogP contribution in [0.15, 0.2) is 35.3 Å². The molecule has 1 fully saturated rings. The van der Waals surface area contributed by atoms with Crippen LogP contribution in [0.5, 0.6) is 0 Å². The van der Waals surface area contributed by atoms with E-state index in [1.54, 1.807) is 18.3 Å². The summed E-state index contributed by atoms with van der Waals surface area (Å²) in [5, 5.41) is 2.87. The Kier molecular flexibility index (Phi) is 3.63. The number of imidazole rings is 1. The zero-order chi connectivity index (χ0) is 17.6. The van der Waals surface area contributed by atoms with E-state index >= 15 is 0 Å². The Morgan fingerprint density at radius 3 is 2.92 bits per heavy atom. The van der Waals surface area contributed by atoms with Crippen molar-refractivity contribution < 1.29 is 9.18 Å². The molecule has 1 saturated carbocycles. The fourth-order valence-electron chi connectivity index (χ4n) is 2.93. The van der Waals surface area contributed by atoms with Crippen molar-refractivity contribution in [2.24, 2.45) is 0 Å². The normalized spacial score (nSPS) is 14.0. The van der Waals surface area contributed by atoms with Crippen molar-refractivity contribution in [3.8, 4) is 11.1 Å². The number of rotatable bonds is 4. The van der Waals surface area contributed by atoms with Crippen molar-refractivity contribution >= 4 is 17.1 Å². The quantitative estimate of drug-likeness (QED) is 0.763. The number of carbonyl (C=O) groups is 1. The number of aromatic amines is 1. The summed E-state index contributed by atoms with van der Waals surface area (Å²) in [6.45, 7) is 1.76. The fourth-order valence-corrected chi connectivity index (χ4v) is 2.93. The van der Waals surface area contributed by atoms with E-state index in [4.69, 9.17) is 0 Å². The number of hydrogen-bond acceptors (Lipinski definition) is 3. The van der Waals surface area contributed by atoms with E-state index in [0.29, 0.717) is 11.2 Å². The van der Waals surface area contributed by atoms with E-state index in [9.17, 15) is 14.0 Å². The second-order valence-electron chi connectivity index (χ2n) is 6.41. The highest BCUT2D eigenvalue weighted by atomic mass is 19.1. The Bertz CT molecular complexity index is 1030. The minimum atomic E-state index is -0.374. The maximum atomic E-state index is 13.3. The number of amides is 1.